The summed E-state index contributed by atoms with van der Waals surface area (Å²) in [5.41, 5.74) is -0.551. The highest BCUT2D eigenvalue weighted by Crippen LogP contribution is 2.37. The Bertz CT molecular complexity index is 777. The minimum absolute atomic E-state index is 0.0342. The molecule has 0 N–H and O–H groups in total. The molecule has 0 saturated heterocycles. The van der Waals surface area contributed by atoms with Crippen molar-refractivity contribution < 1.29 is 35.8 Å². The number of halogens is 6. The molecular formula is C15H7F6NO2. The standard InChI is InChI=1S/C15H7F6NO2/c16-14(17,18)23-12-4-2-1-3-11(12)9-5-6-10(8-22)13(7-9)24-15(19,20)21/h1-7H. The Kier molecular flexibility index (Phi) is 4.59. The van der Waals surface area contributed by atoms with Crippen LogP contribution in [0.3, 0.4) is 0 Å². The molecule has 0 aliphatic heterocycles. The Hall–Kier alpha value is -2.89. The van der Waals surface area contributed by atoms with E-state index in [-0.39, 0.29) is 11.1 Å². The summed E-state index contributed by atoms with van der Waals surface area (Å²) in [5.74, 6) is -1.41. The predicted octanol–water partition coefficient (Wildman–Crippen LogP) is 5.02. The van der Waals surface area contributed by atoms with Gasteiger partial charge in [-0.05, 0) is 23.8 Å². The number of hydrogen-bond donors (Lipinski definition) is 0. The summed E-state index contributed by atoms with van der Waals surface area (Å²) in [5, 5.41) is 8.81. The van der Waals surface area contributed by atoms with Crippen LogP contribution in [0.25, 0.3) is 11.1 Å². The average Bonchev–Trinajstić information content (AvgIpc) is 2.44. The van der Waals surface area contributed by atoms with Crippen molar-refractivity contribution in [2.24, 2.45) is 0 Å². The zero-order valence-electron chi connectivity index (χ0n) is 11.6. The van der Waals surface area contributed by atoms with E-state index in [0.29, 0.717) is 0 Å². The summed E-state index contributed by atoms with van der Waals surface area (Å²) in [6.45, 7) is 0. The van der Waals surface area contributed by atoms with Gasteiger partial charge in [0.1, 0.15) is 17.6 Å². The highest BCUT2D eigenvalue weighted by atomic mass is 19.4. The van der Waals surface area contributed by atoms with Crippen molar-refractivity contribution in [2.75, 3.05) is 0 Å². The number of hydrogen-bond acceptors (Lipinski definition) is 3. The first kappa shape index (κ1) is 17.5. The minimum Gasteiger partial charge on any atom is -0.405 e. The lowest BCUT2D eigenvalue weighted by Crippen LogP contribution is -2.18. The van der Waals surface area contributed by atoms with Crippen LogP contribution in [0.4, 0.5) is 26.3 Å². The summed E-state index contributed by atoms with van der Waals surface area (Å²) in [6, 6.07) is 9.47. The Labute approximate surface area is 131 Å². The minimum atomic E-state index is -5.05. The summed E-state index contributed by atoms with van der Waals surface area (Å²) >= 11 is 0. The molecule has 9 heteroatoms. The van der Waals surface area contributed by atoms with Gasteiger partial charge in [0, 0.05) is 5.56 Å². The summed E-state index contributed by atoms with van der Waals surface area (Å²) in [4.78, 5) is 0. The van der Waals surface area contributed by atoms with Gasteiger partial charge >= 0.3 is 12.7 Å². The van der Waals surface area contributed by atoms with E-state index in [2.05, 4.69) is 9.47 Å². The molecule has 0 radical (unpaired) electrons. The topological polar surface area (TPSA) is 42.2 Å². The highest BCUT2D eigenvalue weighted by molar-refractivity contribution is 5.72. The second-order valence-electron chi connectivity index (χ2n) is 4.41. The third-order valence-electron chi connectivity index (χ3n) is 2.75. The molecule has 2 rings (SSSR count). The van der Waals surface area contributed by atoms with Gasteiger partial charge in [0.2, 0.25) is 0 Å². The van der Waals surface area contributed by atoms with E-state index in [1.165, 1.54) is 30.3 Å². The molecule has 0 amide bonds. The van der Waals surface area contributed by atoms with Crippen LogP contribution in [0.15, 0.2) is 42.5 Å². The van der Waals surface area contributed by atoms with Gasteiger partial charge < -0.3 is 9.47 Å². The number of alkyl halides is 6. The van der Waals surface area contributed by atoms with Crippen LogP contribution in [0.1, 0.15) is 5.56 Å². The molecule has 0 saturated carbocycles. The van der Waals surface area contributed by atoms with Gasteiger partial charge in [-0.2, -0.15) is 5.26 Å². The van der Waals surface area contributed by atoms with E-state index < -0.39 is 29.8 Å². The van der Waals surface area contributed by atoms with Gasteiger partial charge in [-0.1, -0.05) is 24.3 Å². The second kappa shape index (κ2) is 6.31. The van der Waals surface area contributed by atoms with Crippen molar-refractivity contribution in [1.82, 2.24) is 0 Å². The molecule has 0 aliphatic rings. The zero-order valence-corrected chi connectivity index (χ0v) is 11.6. The average molecular weight is 347 g/mol. The van der Waals surface area contributed by atoms with Crippen LogP contribution in [0.5, 0.6) is 11.5 Å². The fourth-order valence-corrected chi connectivity index (χ4v) is 1.91. The first-order valence-electron chi connectivity index (χ1n) is 6.24. The molecule has 0 unspecified atom stereocenters. The van der Waals surface area contributed by atoms with E-state index in [4.69, 9.17) is 5.26 Å². The molecule has 0 heterocycles. The van der Waals surface area contributed by atoms with Gasteiger partial charge in [-0.25, -0.2) is 0 Å². The number of ether oxygens (including phenoxy) is 2. The third-order valence-corrected chi connectivity index (χ3v) is 2.75. The molecule has 0 spiro atoms. The zero-order chi connectivity index (χ0) is 18.0. The summed E-state index contributed by atoms with van der Waals surface area (Å²) in [6.07, 6.45) is -10.0. The number of rotatable bonds is 3. The fraction of sp³-hybridized carbons (Fsp3) is 0.133. The van der Waals surface area contributed by atoms with Gasteiger partial charge in [0.05, 0.1) is 5.56 Å². The number of para-hydroxylation sites is 1. The Morgan fingerprint density at radius 2 is 1.38 bits per heavy atom. The third kappa shape index (κ3) is 4.55. The lowest BCUT2D eigenvalue weighted by Gasteiger charge is -2.15. The molecule has 0 bridgehead atoms. The molecule has 3 nitrogen and oxygen atoms in total. The van der Waals surface area contributed by atoms with Crippen molar-refractivity contribution in [3.8, 4) is 28.7 Å². The number of nitriles is 1. The normalized spacial score (nSPS) is 11.7. The van der Waals surface area contributed by atoms with Crippen molar-refractivity contribution in [1.29, 1.82) is 5.26 Å². The van der Waals surface area contributed by atoms with Gasteiger partial charge in [0.15, 0.2) is 0 Å². The van der Waals surface area contributed by atoms with Crippen LogP contribution in [-0.2, 0) is 0 Å². The van der Waals surface area contributed by atoms with Crippen LogP contribution < -0.4 is 9.47 Å². The monoisotopic (exact) mass is 347 g/mol. The van der Waals surface area contributed by atoms with Crippen LogP contribution in [-0.4, -0.2) is 12.7 Å². The van der Waals surface area contributed by atoms with Crippen molar-refractivity contribution in [2.45, 2.75) is 12.7 Å². The lowest BCUT2D eigenvalue weighted by atomic mass is 10.0. The number of benzene rings is 2. The van der Waals surface area contributed by atoms with E-state index in [1.54, 1.807) is 0 Å². The fourth-order valence-electron chi connectivity index (χ4n) is 1.91. The molecule has 0 aromatic heterocycles. The van der Waals surface area contributed by atoms with Crippen LogP contribution >= 0.6 is 0 Å². The van der Waals surface area contributed by atoms with E-state index in [0.717, 1.165) is 18.2 Å². The predicted molar refractivity (Wildman–Crippen MR) is 70.0 cm³/mol. The molecule has 126 valence electrons. The van der Waals surface area contributed by atoms with Crippen molar-refractivity contribution >= 4 is 0 Å². The van der Waals surface area contributed by atoms with Crippen molar-refractivity contribution in [3.05, 3.63) is 48.0 Å². The van der Waals surface area contributed by atoms with Crippen LogP contribution in [0, 0.1) is 11.3 Å². The van der Waals surface area contributed by atoms with E-state index in [1.807, 2.05) is 0 Å². The number of nitrogens with zero attached hydrogens (tertiary/aromatic N) is 1. The smallest absolute Gasteiger partial charge is 0.405 e. The Morgan fingerprint density at radius 1 is 0.792 bits per heavy atom. The van der Waals surface area contributed by atoms with E-state index in [9.17, 15) is 26.3 Å². The van der Waals surface area contributed by atoms with Gasteiger partial charge in [0.25, 0.3) is 0 Å². The second-order valence-corrected chi connectivity index (χ2v) is 4.41. The molecular weight excluding hydrogens is 340 g/mol. The van der Waals surface area contributed by atoms with Gasteiger partial charge in [-0.3, -0.25) is 0 Å². The lowest BCUT2D eigenvalue weighted by molar-refractivity contribution is -0.275. The van der Waals surface area contributed by atoms with Crippen LogP contribution in [0.2, 0.25) is 0 Å². The maximum Gasteiger partial charge on any atom is 0.573 e. The molecule has 0 fully saturated rings. The van der Waals surface area contributed by atoms with Gasteiger partial charge in [-0.15, -0.1) is 26.3 Å². The van der Waals surface area contributed by atoms with E-state index >= 15 is 0 Å². The first-order valence-corrected chi connectivity index (χ1v) is 6.24. The maximum absolute atomic E-state index is 12.4. The summed E-state index contributed by atoms with van der Waals surface area (Å²) < 4.78 is 82.0. The quantitative estimate of drug-likeness (QED) is 0.732. The molecule has 0 atom stereocenters. The molecule has 2 aromatic carbocycles. The first-order chi connectivity index (χ1) is 11.1. The molecule has 24 heavy (non-hydrogen) atoms. The summed E-state index contributed by atoms with van der Waals surface area (Å²) in [7, 11) is 0. The largest absolute Gasteiger partial charge is 0.573 e. The molecule has 2 aromatic rings. The maximum atomic E-state index is 12.4. The Balaban J connectivity index is 2.51. The van der Waals surface area contributed by atoms with Crippen molar-refractivity contribution in [3.63, 3.8) is 0 Å². The SMILES string of the molecule is N#Cc1ccc(-c2ccccc2OC(F)(F)F)cc1OC(F)(F)F. The highest BCUT2D eigenvalue weighted by Gasteiger charge is 2.33. The molecule has 0 aliphatic carbocycles. The Morgan fingerprint density at radius 3 is 1.96 bits per heavy atom.